The summed E-state index contributed by atoms with van der Waals surface area (Å²) in [7, 11) is 0. The Kier molecular flexibility index (Phi) is 4.29. The number of nitrogens with one attached hydrogen (secondary N) is 1. The van der Waals surface area contributed by atoms with Gasteiger partial charge in [0.15, 0.2) is 0 Å². The molecule has 1 fully saturated rings. The molecule has 1 aromatic rings. The molecule has 2 rings (SSSR count). The zero-order valence-electron chi connectivity index (χ0n) is 10.2. The van der Waals surface area contributed by atoms with E-state index in [0.29, 0.717) is 0 Å². The minimum atomic E-state index is 0.763. The first-order valence-corrected chi connectivity index (χ1v) is 6.99. The van der Waals surface area contributed by atoms with E-state index in [1.807, 2.05) is 18.2 Å². The molecule has 0 aromatic heterocycles. The van der Waals surface area contributed by atoms with Gasteiger partial charge in [-0.3, -0.25) is 0 Å². The van der Waals surface area contributed by atoms with Crippen LogP contribution in [-0.2, 0) is 0 Å². The second kappa shape index (κ2) is 5.74. The maximum Gasteiger partial charge on any atom is 0.0486 e. The third kappa shape index (κ3) is 3.36. The largest absolute Gasteiger partial charge is 0.399 e. The van der Waals surface area contributed by atoms with Crippen molar-refractivity contribution in [3.05, 3.63) is 22.7 Å². The zero-order valence-corrected chi connectivity index (χ0v) is 11.8. The summed E-state index contributed by atoms with van der Waals surface area (Å²) in [6.07, 6.45) is 1.30. The highest BCUT2D eigenvalue weighted by Crippen LogP contribution is 2.25. The average Bonchev–Trinajstić information content (AvgIpc) is 2.76. The first kappa shape index (κ1) is 12.7. The first-order chi connectivity index (χ1) is 8.19. The summed E-state index contributed by atoms with van der Waals surface area (Å²) in [5.74, 6) is 0.763. The molecule has 0 spiro atoms. The lowest BCUT2D eigenvalue weighted by Gasteiger charge is -2.15. The Hall–Kier alpha value is -0.740. The van der Waals surface area contributed by atoms with E-state index in [1.54, 1.807) is 0 Å². The maximum absolute atomic E-state index is 5.72. The number of nitrogens with zero attached hydrogens (tertiary/aromatic N) is 1. The fraction of sp³-hybridized carbons (Fsp3) is 0.538. The van der Waals surface area contributed by atoms with Crippen molar-refractivity contribution in [3.8, 4) is 0 Å². The summed E-state index contributed by atoms with van der Waals surface area (Å²) in [4.78, 5) is 2.50. The monoisotopic (exact) mass is 297 g/mol. The molecule has 0 saturated carbocycles. The number of nitrogens with two attached hydrogens (primary N) is 1. The van der Waals surface area contributed by atoms with Crippen LogP contribution in [0.1, 0.15) is 13.3 Å². The number of anilines is 2. The number of hydrogen-bond acceptors (Lipinski definition) is 3. The molecular weight excluding hydrogens is 278 g/mol. The van der Waals surface area contributed by atoms with E-state index in [4.69, 9.17) is 5.73 Å². The van der Waals surface area contributed by atoms with Crippen LogP contribution in [0.4, 0.5) is 11.4 Å². The Morgan fingerprint density at radius 2 is 2.35 bits per heavy atom. The Morgan fingerprint density at radius 3 is 3.00 bits per heavy atom. The topological polar surface area (TPSA) is 41.3 Å². The smallest absolute Gasteiger partial charge is 0.0486 e. The van der Waals surface area contributed by atoms with E-state index in [9.17, 15) is 0 Å². The minimum Gasteiger partial charge on any atom is -0.399 e. The van der Waals surface area contributed by atoms with Crippen molar-refractivity contribution < 1.29 is 0 Å². The number of rotatable bonds is 4. The SMILES string of the molecule is CCN1CCC(CNc2ccc(N)cc2Br)C1. The molecular formula is C13H20BrN3. The van der Waals surface area contributed by atoms with Crippen molar-refractivity contribution in [1.82, 2.24) is 4.90 Å². The Labute approximate surface area is 111 Å². The molecule has 0 aliphatic carbocycles. The first-order valence-electron chi connectivity index (χ1n) is 6.20. The van der Waals surface area contributed by atoms with E-state index in [1.165, 1.54) is 26.1 Å². The lowest BCUT2D eigenvalue weighted by atomic mass is 10.1. The number of hydrogen-bond donors (Lipinski definition) is 2. The van der Waals surface area contributed by atoms with Gasteiger partial charge in [0.25, 0.3) is 0 Å². The van der Waals surface area contributed by atoms with Crippen molar-refractivity contribution >= 4 is 27.3 Å². The molecule has 0 amide bonds. The third-order valence-corrected chi connectivity index (χ3v) is 4.05. The van der Waals surface area contributed by atoms with Gasteiger partial charge in [-0.1, -0.05) is 6.92 Å². The van der Waals surface area contributed by atoms with Crippen molar-refractivity contribution in [2.45, 2.75) is 13.3 Å². The molecule has 0 radical (unpaired) electrons. The number of benzene rings is 1. The molecule has 3 nitrogen and oxygen atoms in total. The van der Waals surface area contributed by atoms with Gasteiger partial charge in [-0.2, -0.15) is 0 Å². The van der Waals surface area contributed by atoms with Gasteiger partial charge in [0.05, 0.1) is 0 Å². The molecule has 94 valence electrons. The Bertz CT molecular complexity index is 381. The van der Waals surface area contributed by atoms with Crippen LogP contribution >= 0.6 is 15.9 Å². The van der Waals surface area contributed by atoms with Gasteiger partial charge in [-0.25, -0.2) is 0 Å². The van der Waals surface area contributed by atoms with Gasteiger partial charge in [0.2, 0.25) is 0 Å². The molecule has 1 unspecified atom stereocenters. The van der Waals surface area contributed by atoms with Gasteiger partial charge in [-0.15, -0.1) is 0 Å². The summed E-state index contributed by atoms with van der Waals surface area (Å²) >= 11 is 3.53. The van der Waals surface area contributed by atoms with Crippen LogP contribution in [0.5, 0.6) is 0 Å². The van der Waals surface area contributed by atoms with Crippen LogP contribution in [0.25, 0.3) is 0 Å². The molecule has 0 bridgehead atoms. The lowest BCUT2D eigenvalue weighted by Crippen LogP contribution is -2.22. The van der Waals surface area contributed by atoms with E-state index in [-0.39, 0.29) is 0 Å². The van der Waals surface area contributed by atoms with Crippen LogP contribution in [0, 0.1) is 5.92 Å². The second-order valence-corrected chi connectivity index (χ2v) is 5.52. The predicted octanol–water partition coefficient (Wildman–Crippen LogP) is 2.79. The molecule has 17 heavy (non-hydrogen) atoms. The minimum absolute atomic E-state index is 0.763. The molecule has 4 heteroatoms. The highest BCUT2D eigenvalue weighted by atomic mass is 79.9. The summed E-state index contributed by atoms with van der Waals surface area (Å²) in [6, 6.07) is 5.90. The summed E-state index contributed by atoms with van der Waals surface area (Å²) < 4.78 is 1.04. The number of halogens is 1. The Balaban J connectivity index is 1.86. The van der Waals surface area contributed by atoms with Crippen molar-refractivity contribution in [1.29, 1.82) is 0 Å². The van der Waals surface area contributed by atoms with Gasteiger partial charge in [0, 0.05) is 28.9 Å². The molecule has 1 atom stereocenters. The van der Waals surface area contributed by atoms with Crippen molar-refractivity contribution in [3.63, 3.8) is 0 Å². The Morgan fingerprint density at radius 1 is 1.53 bits per heavy atom. The van der Waals surface area contributed by atoms with Crippen LogP contribution in [-0.4, -0.2) is 31.1 Å². The third-order valence-electron chi connectivity index (χ3n) is 3.39. The highest BCUT2D eigenvalue weighted by molar-refractivity contribution is 9.10. The van der Waals surface area contributed by atoms with E-state index >= 15 is 0 Å². The zero-order chi connectivity index (χ0) is 12.3. The van der Waals surface area contributed by atoms with E-state index in [0.717, 1.165) is 28.3 Å². The van der Waals surface area contributed by atoms with Crippen molar-refractivity contribution in [2.75, 3.05) is 37.2 Å². The van der Waals surface area contributed by atoms with Gasteiger partial charge < -0.3 is 16.0 Å². The highest BCUT2D eigenvalue weighted by Gasteiger charge is 2.20. The summed E-state index contributed by atoms with van der Waals surface area (Å²) in [5.41, 5.74) is 7.64. The molecule has 3 N–H and O–H groups in total. The molecule has 1 aromatic carbocycles. The summed E-state index contributed by atoms with van der Waals surface area (Å²) in [6.45, 7) is 6.90. The van der Waals surface area contributed by atoms with E-state index < -0.39 is 0 Å². The lowest BCUT2D eigenvalue weighted by molar-refractivity contribution is 0.345. The predicted molar refractivity (Wildman–Crippen MR) is 77.3 cm³/mol. The quantitative estimate of drug-likeness (QED) is 0.840. The van der Waals surface area contributed by atoms with Crippen molar-refractivity contribution in [2.24, 2.45) is 5.92 Å². The molecule has 1 saturated heterocycles. The fourth-order valence-electron chi connectivity index (χ4n) is 2.30. The van der Waals surface area contributed by atoms with Crippen LogP contribution in [0.2, 0.25) is 0 Å². The molecule has 1 heterocycles. The van der Waals surface area contributed by atoms with Crippen LogP contribution < -0.4 is 11.1 Å². The van der Waals surface area contributed by atoms with Gasteiger partial charge in [0.1, 0.15) is 0 Å². The number of likely N-dealkylation sites (tertiary alicyclic amines) is 1. The average molecular weight is 298 g/mol. The fourth-order valence-corrected chi connectivity index (χ4v) is 2.83. The molecule has 1 aliphatic heterocycles. The van der Waals surface area contributed by atoms with E-state index in [2.05, 4.69) is 33.1 Å². The van der Waals surface area contributed by atoms with Gasteiger partial charge >= 0.3 is 0 Å². The molecule has 1 aliphatic rings. The standard InChI is InChI=1S/C13H20BrN3/c1-2-17-6-5-10(9-17)8-16-13-4-3-11(15)7-12(13)14/h3-4,7,10,16H,2,5-6,8-9,15H2,1H3. The van der Waals surface area contributed by atoms with Crippen LogP contribution in [0.15, 0.2) is 22.7 Å². The second-order valence-electron chi connectivity index (χ2n) is 4.67. The summed E-state index contributed by atoms with van der Waals surface area (Å²) in [5, 5.41) is 3.50. The number of nitrogen functional groups attached to an aromatic ring is 1. The van der Waals surface area contributed by atoms with Crippen LogP contribution in [0.3, 0.4) is 0 Å². The normalized spacial score (nSPS) is 20.7. The van der Waals surface area contributed by atoms with Gasteiger partial charge in [-0.05, 0) is 59.6 Å². The maximum atomic E-state index is 5.72.